The first-order chi connectivity index (χ1) is 7.52. The van der Waals surface area contributed by atoms with Crippen LogP contribution in [0.1, 0.15) is 38.8 Å². The second-order valence-corrected chi connectivity index (χ2v) is 4.44. The predicted molar refractivity (Wildman–Crippen MR) is 62.2 cm³/mol. The molecule has 3 heteroatoms. The number of halogens is 2. The van der Waals surface area contributed by atoms with E-state index in [9.17, 15) is 8.78 Å². The maximum Gasteiger partial charge on any atom is 0.126 e. The Labute approximate surface area is 95.9 Å². The highest BCUT2D eigenvalue weighted by molar-refractivity contribution is 5.21. The molecule has 0 aliphatic carbocycles. The van der Waals surface area contributed by atoms with Crippen molar-refractivity contribution in [1.29, 1.82) is 0 Å². The van der Waals surface area contributed by atoms with Crippen LogP contribution in [0.2, 0.25) is 0 Å². The highest BCUT2D eigenvalue weighted by atomic mass is 19.1. The lowest BCUT2D eigenvalue weighted by Crippen LogP contribution is -2.22. The van der Waals surface area contributed by atoms with E-state index >= 15 is 0 Å². The maximum atomic E-state index is 13.1. The van der Waals surface area contributed by atoms with E-state index in [1.807, 2.05) is 6.92 Å². The van der Waals surface area contributed by atoms with Gasteiger partial charge in [-0.2, -0.15) is 0 Å². The molecule has 0 spiro atoms. The van der Waals surface area contributed by atoms with Crippen molar-refractivity contribution in [2.75, 3.05) is 6.54 Å². The molecule has 0 aliphatic rings. The van der Waals surface area contributed by atoms with Crippen LogP contribution in [0, 0.1) is 17.6 Å². The lowest BCUT2D eigenvalue weighted by atomic mass is 9.97. The molecule has 1 rings (SSSR count). The molecule has 1 aromatic rings. The molecule has 1 nitrogen and oxygen atoms in total. The summed E-state index contributed by atoms with van der Waals surface area (Å²) in [5.74, 6) is -0.543. The molecule has 16 heavy (non-hydrogen) atoms. The van der Waals surface area contributed by atoms with Gasteiger partial charge in [0.25, 0.3) is 0 Å². The fourth-order valence-corrected chi connectivity index (χ4v) is 1.83. The molecule has 0 heterocycles. The summed E-state index contributed by atoms with van der Waals surface area (Å²) in [5.41, 5.74) is 0.688. The van der Waals surface area contributed by atoms with Gasteiger partial charge < -0.3 is 5.32 Å². The summed E-state index contributed by atoms with van der Waals surface area (Å²) < 4.78 is 26.2. The van der Waals surface area contributed by atoms with Gasteiger partial charge in [0, 0.05) is 12.1 Å². The molecule has 1 aromatic carbocycles. The van der Waals surface area contributed by atoms with Gasteiger partial charge in [-0.15, -0.1) is 0 Å². The highest BCUT2D eigenvalue weighted by Gasteiger charge is 2.14. The molecular formula is C13H19F2N. The molecule has 0 saturated carbocycles. The third-order valence-electron chi connectivity index (χ3n) is 2.44. The number of hydrogen-bond donors (Lipinski definition) is 1. The molecule has 1 unspecified atom stereocenters. The molecule has 0 bridgehead atoms. The Hall–Kier alpha value is -0.960. The van der Waals surface area contributed by atoms with Crippen LogP contribution in [-0.4, -0.2) is 6.54 Å². The summed E-state index contributed by atoms with van der Waals surface area (Å²) >= 11 is 0. The minimum absolute atomic E-state index is 0.0233. The fraction of sp³-hybridized carbons (Fsp3) is 0.538. The zero-order valence-corrected chi connectivity index (χ0v) is 10.1. The van der Waals surface area contributed by atoms with Gasteiger partial charge in [0.2, 0.25) is 0 Å². The Morgan fingerprint density at radius 3 is 2.12 bits per heavy atom. The second-order valence-electron chi connectivity index (χ2n) is 4.44. The van der Waals surface area contributed by atoms with Crippen LogP contribution in [0.4, 0.5) is 8.78 Å². The van der Waals surface area contributed by atoms with Crippen molar-refractivity contribution < 1.29 is 8.78 Å². The number of benzene rings is 1. The SMILES string of the molecule is CCNC(CC(C)C)c1cc(F)cc(F)c1. The van der Waals surface area contributed by atoms with Gasteiger partial charge in [0.05, 0.1) is 0 Å². The summed E-state index contributed by atoms with van der Waals surface area (Å²) in [6.07, 6.45) is 0.872. The van der Waals surface area contributed by atoms with Crippen LogP contribution in [0.5, 0.6) is 0 Å². The van der Waals surface area contributed by atoms with Crippen LogP contribution in [0.25, 0.3) is 0 Å². The van der Waals surface area contributed by atoms with Crippen molar-refractivity contribution in [3.8, 4) is 0 Å². The Morgan fingerprint density at radius 1 is 1.12 bits per heavy atom. The molecule has 0 fully saturated rings. The molecule has 0 aromatic heterocycles. The van der Waals surface area contributed by atoms with E-state index in [1.54, 1.807) is 0 Å². The van der Waals surface area contributed by atoms with Gasteiger partial charge in [0.1, 0.15) is 11.6 Å². The standard InChI is InChI=1S/C13H19F2N/c1-4-16-13(5-9(2)3)10-6-11(14)8-12(15)7-10/h6-9,13,16H,4-5H2,1-3H3. The summed E-state index contributed by atoms with van der Waals surface area (Å²) in [6, 6.07) is 3.73. The lowest BCUT2D eigenvalue weighted by molar-refractivity contribution is 0.434. The van der Waals surface area contributed by atoms with E-state index in [2.05, 4.69) is 19.2 Å². The second kappa shape index (κ2) is 5.94. The average molecular weight is 227 g/mol. The van der Waals surface area contributed by atoms with Crippen LogP contribution < -0.4 is 5.32 Å². The largest absolute Gasteiger partial charge is 0.310 e. The smallest absolute Gasteiger partial charge is 0.126 e. The Morgan fingerprint density at radius 2 is 1.69 bits per heavy atom. The number of rotatable bonds is 5. The van der Waals surface area contributed by atoms with Crippen LogP contribution in [0.3, 0.4) is 0 Å². The highest BCUT2D eigenvalue weighted by Crippen LogP contribution is 2.22. The third kappa shape index (κ3) is 3.89. The van der Waals surface area contributed by atoms with E-state index in [-0.39, 0.29) is 6.04 Å². The van der Waals surface area contributed by atoms with E-state index in [0.29, 0.717) is 11.5 Å². The van der Waals surface area contributed by atoms with Gasteiger partial charge in [-0.3, -0.25) is 0 Å². The molecule has 0 aliphatic heterocycles. The molecule has 0 radical (unpaired) electrons. The molecule has 90 valence electrons. The van der Waals surface area contributed by atoms with Crippen LogP contribution in [0.15, 0.2) is 18.2 Å². The van der Waals surface area contributed by atoms with E-state index in [1.165, 1.54) is 12.1 Å². The first kappa shape index (κ1) is 13.1. The molecule has 0 amide bonds. The van der Waals surface area contributed by atoms with E-state index < -0.39 is 11.6 Å². The van der Waals surface area contributed by atoms with Crippen molar-refractivity contribution in [1.82, 2.24) is 5.32 Å². The number of hydrogen-bond acceptors (Lipinski definition) is 1. The van der Waals surface area contributed by atoms with Crippen LogP contribution in [-0.2, 0) is 0 Å². The monoisotopic (exact) mass is 227 g/mol. The van der Waals surface area contributed by atoms with E-state index in [0.717, 1.165) is 19.0 Å². The normalized spacial score (nSPS) is 13.1. The Balaban J connectivity index is 2.90. The summed E-state index contributed by atoms with van der Waals surface area (Å²) in [5, 5.41) is 3.25. The fourth-order valence-electron chi connectivity index (χ4n) is 1.83. The molecular weight excluding hydrogens is 208 g/mol. The zero-order chi connectivity index (χ0) is 12.1. The van der Waals surface area contributed by atoms with Gasteiger partial charge >= 0.3 is 0 Å². The van der Waals surface area contributed by atoms with Gasteiger partial charge in [-0.05, 0) is 36.6 Å². The average Bonchev–Trinajstić information content (AvgIpc) is 2.14. The van der Waals surface area contributed by atoms with Gasteiger partial charge in [0.15, 0.2) is 0 Å². The Bertz CT molecular complexity index is 316. The topological polar surface area (TPSA) is 12.0 Å². The quantitative estimate of drug-likeness (QED) is 0.809. The van der Waals surface area contributed by atoms with Gasteiger partial charge in [-0.25, -0.2) is 8.78 Å². The van der Waals surface area contributed by atoms with Crippen molar-refractivity contribution in [3.63, 3.8) is 0 Å². The zero-order valence-electron chi connectivity index (χ0n) is 10.1. The minimum atomic E-state index is -0.512. The number of nitrogens with one attached hydrogen (secondary N) is 1. The molecule has 1 atom stereocenters. The molecule has 0 saturated heterocycles. The first-order valence-electron chi connectivity index (χ1n) is 5.72. The van der Waals surface area contributed by atoms with Crippen molar-refractivity contribution in [3.05, 3.63) is 35.4 Å². The lowest BCUT2D eigenvalue weighted by Gasteiger charge is -2.20. The van der Waals surface area contributed by atoms with Gasteiger partial charge in [-0.1, -0.05) is 20.8 Å². The maximum absolute atomic E-state index is 13.1. The summed E-state index contributed by atoms with van der Waals surface area (Å²) in [6.45, 7) is 6.97. The minimum Gasteiger partial charge on any atom is -0.310 e. The van der Waals surface area contributed by atoms with Crippen molar-refractivity contribution >= 4 is 0 Å². The van der Waals surface area contributed by atoms with Crippen LogP contribution >= 0.6 is 0 Å². The predicted octanol–water partition coefficient (Wildman–Crippen LogP) is 3.66. The Kier molecular flexibility index (Phi) is 4.87. The van der Waals surface area contributed by atoms with E-state index in [4.69, 9.17) is 0 Å². The van der Waals surface area contributed by atoms with Crippen molar-refractivity contribution in [2.24, 2.45) is 5.92 Å². The van der Waals surface area contributed by atoms with Crippen molar-refractivity contribution in [2.45, 2.75) is 33.2 Å². The summed E-state index contributed by atoms with van der Waals surface area (Å²) in [4.78, 5) is 0. The first-order valence-corrected chi connectivity index (χ1v) is 5.72. The third-order valence-corrected chi connectivity index (χ3v) is 2.44. The molecule has 1 N–H and O–H groups in total. The summed E-state index contributed by atoms with van der Waals surface area (Å²) in [7, 11) is 0.